The first-order valence-corrected chi connectivity index (χ1v) is 2.50. The smallest absolute Gasteiger partial charge is 0.0911 e. The second-order valence-corrected chi connectivity index (χ2v) is 1.70. The van der Waals surface area contributed by atoms with Crippen LogP contribution in [0.3, 0.4) is 0 Å². The SMILES string of the molecule is C=C(O)Cc1cn[nH]n1. The van der Waals surface area contributed by atoms with Gasteiger partial charge in [-0.25, -0.2) is 0 Å². The van der Waals surface area contributed by atoms with E-state index in [2.05, 4.69) is 22.0 Å². The summed E-state index contributed by atoms with van der Waals surface area (Å²) < 4.78 is 0. The molecule has 0 unspecified atom stereocenters. The highest BCUT2D eigenvalue weighted by Gasteiger charge is 1.95. The van der Waals surface area contributed by atoms with Crippen LogP contribution in [0.1, 0.15) is 5.69 Å². The van der Waals surface area contributed by atoms with Crippen molar-refractivity contribution in [2.75, 3.05) is 0 Å². The molecular weight excluding hydrogens is 118 g/mol. The van der Waals surface area contributed by atoms with Gasteiger partial charge in [0.1, 0.15) is 0 Å². The van der Waals surface area contributed by atoms with Gasteiger partial charge >= 0.3 is 0 Å². The summed E-state index contributed by atoms with van der Waals surface area (Å²) in [4.78, 5) is 0. The summed E-state index contributed by atoms with van der Waals surface area (Å²) in [6.45, 7) is 3.30. The summed E-state index contributed by atoms with van der Waals surface area (Å²) in [5.41, 5.74) is 0.697. The summed E-state index contributed by atoms with van der Waals surface area (Å²) in [5.74, 6) is 0.101. The number of nitrogens with zero attached hydrogens (tertiary/aromatic N) is 2. The Morgan fingerprint density at radius 3 is 3.11 bits per heavy atom. The van der Waals surface area contributed by atoms with Crippen LogP contribution < -0.4 is 0 Å². The third-order valence-corrected chi connectivity index (χ3v) is 0.850. The molecule has 0 bridgehead atoms. The summed E-state index contributed by atoms with van der Waals surface area (Å²) in [7, 11) is 0. The molecule has 9 heavy (non-hydrogen) atoms. The molecule has 1 heterocycles. The Hall–Kier alpha value is -1.32. The van der Waals surface area contributed by atoms with E-state index in [0.29, 0.717) is 12.1 Å². The zero-order valence-electron chi connectivity index (χ0n) is 4.83. The number of aromatic amines is 1. The van der Waals surface area contributed by atoms with Crippen molar-refractivity contribution < 1.29 is 5.11 Å². The Morgan fingerprint density at radius 2 is 2.67 bits per heavy atom. The van der Waals surface area contributed by atoms with Gasteiger partial charge in [0.25, 0.3) is 0 Å². The highest BCUT2D eigenvalue weighted by molar-refractivity contribution is 5.00. The molecule has 0 amide bonds. The van der Waals surface area contributed by atoms with Crippen LogP contribution in [-0.2, 0) is 6.42 Å². The van der Waals surface area contributed by atoms with Crippen molar-refractivity contribution in [1.29, 1.82) is 0 Å². The number of allylic oxidation sites excluding steroid dienone is 1. The number of hydrogen-bond acceptors (Lipinski definition) is 3. The molecule has 0 fully saturated rings. The third kappa shape index (κ3) is 1.56. The molecule has 4 nitrogen and oxygen atoms in total. The van der Waals surface area contributed by atoms with E-state index in [1.165, 1.54) is 0 Å². The van der Waals surface area contributed by atoms with Crippen LogP contribution in [0.4, 0.5) is 0 Å². The Morgan fingerprint density at radius 1 is 1.89 bits per heavy atom. The van der Waals surface area contributed by atoms with Gasteiger partial charge in [-0.1, -0.05) is 6.58 Å². The predicted molar refractivity (Wildman–Crippen MR) is 31.9 cm³/mol. The first-order chi connectivity index (χ1) is 4.29. The van der Waals surface area contributed by atoms with Gasteiger partial charge in [-0.3, -0.25) is 0 Å². The van der Waals surface area contributed by atoms with Crippen LogP contribution in [0.25, 0.3) is 0 Å². The minimum atomic E-state index is 0.101. The van der Waals surface area contributed by atoms with Gasteiger partial charge in [0.15, 0.2) is 0 Å². The fraction of sp³-hybridized carbons (Fsp3) is 0.200. The molecule has 0 aromatic carbocycles. The largest absolute Gasteiger partial charge is 0.513 e. The van der Waals surface area contributed by atoms with E-state index in [4.69, 9.17) is 5.11 Å². The molecule has 1 rings (SSSR count). The van der Waals surface area contributed by atoms with Gasteiger partial charge in [0.2, 0.25) is 0 Å². The second-order valence-electron chi connectivity index (χ2n) is 1.70. The van der Waals surface area contributed by atoms with E-state index in [1.54, 1.807) is 6.20 Å². The summed E-state index contributed by atoms with van der Waals surface area (Å²) in [5, 5.41) is 18.3. The van der Waals surface area contributed by atoms with Crippen LogP contribution in [0.5, 0.6) is 0 Å². The van der Waals surface area contributed by atoms with E-state index in [0.717, 1.165) is 0 Å². The average molecular weight is 125 g/mol. The van der Waals surface area contributed by atoms with Crippen molar-refractivity contribution in [2.24, 2.45) is 0 Å². The Labute approximate surface area is 52.2 Å². The maximum Gasteiger partial charge on any atom is 0.0911 e. The predicted octanol–water partition coefficient (Wildman–Crippen LogP) is 0.419. The number of aliphatic hydroxyl groups is 1. The first kappa shape index (κ1) is 5.81. The number of H-pyrrole nitrogens is 1. The number of nitrogens with one attached hydrogen (secondary N) is 1. The molecule has 0 aliphatic rings. The number of aliphatic hydroxyl groups excluding tert-OH is 1. The lowest BCUT2D eigenvalue weighted by Gasteiger charge is -1.88. The maximum absolute atomic E-state index is 8.65. The summed E-state index contributed by atoms with van der Waals surface area (Å²) >= 11 is 0. The average Bonchev–Trinajstić information content (AvgIpc) is 2.15. The third-order valence-electron chi connectivity index (χ3n) is 0.850. The number of aromatic nitrogens is 3. The quantitative estimate of drug-likeness (QED) is 0.563. The van der Waals surface area contributed by atoms with Crippen LogP contribution in [0.2, 0.25) is 0 Å². The van der Waals surface area contributed by atoms with Gasteiger partial charge in [0, 0.05) is 0 Å². The fourth-order valence-electron chi connectivity index (χ4n) is 0.520. The van der Waals surface area contributed by atoms with Crippen LogP contribution in [-0.4, -0.2) is 20.5 Å². The molecule has 0 aliphatic carbocycles. The van der Waals surface area contributed by atoms with Crippen molar-refractivity contribution in [3.8, 4) is 0 Å². The molecule has 0 saturated carbocycles. The number of rotatable bonds is 2. The minimum Gasteiger partial charge on any atom is -0.513 e. The molecule has 0 saturated heterocycles. The van der Waals surface area contributed by atoms with Crippen molar-refractivity contribution in [1.82, 2.24) is 15.4 Å². The minimum absolute atomic E-state index is 0.101. The monoisotopic (exact) mass is 125 g/mol. The van der Waals surface area contributed by atoms with E-state index in [-0.39, 0.29) is 5.76 Å². The molecule has 4 heteroatoms. The lowest BCUT2D eigenvalue weighted by atomic mass is 10.3. The van der Waals surface area contributed by atoms with Crippen LogP contribution >= 0.6 is 0 Å². The molecule has 0 atom stereocenters. The molecule has 1 aromatic heterocycles. The summed E-state index contributed by atoms with van der Waals surface area (Å²) in [6, 6.07) is 0. The topological polar surface area (TPSA) is 61.8 Å². The normalized spacial score (nSPS) is 9.33. The fourth-order valence-corrected chi connectivity index (χ4v) is 0.520. The van der Waals surface area contributed by atoms with Crippen molar-refractivity contribution in [2.45, 2.75) is 6.42 Å². The Kier molecular flexibility index (Phi) is 1.48. The van der Waals surface area contributed by atoms with Gasteiger partial charge in [0.05, 0.1) is 24.1 Å². The first-order valence-electron chi connectivity index (χ1n) is 2.50. The van der Waals surface area contributed by atoms with E-state index < -0.39 is 0 Å². The standard InChI is InChI=1S/C5H7N3O/c1-4(9)2-5-3-6-8-7-5/h3,9H,1-2H2,(H,6,7,8). The molecule has 0 radical (unpaired) electrons. The van der Waals surface area contributed by atoms with Gasteiger partial charge < -0.3 is 5.11 Å². The maximum atomic E-state index is 8.65. The van der Waals surface area contributed by atoms with Crippen molar-refractivity contribution >= 4 is 0 Å². The van der Waals surface area contributed by atoms with Crippen LogP contribution in [0, 0.1) is 0 Å². The summed E-state index contributed by atoms with van der Waals surface area (Å²) in [6.07, 6.45) is 1.91. The molecular formula is C5H7N3O. The molecule has 1 aromatic rings. The Bertz CT molecular complexity index is 192. The lowest BCUT2D eigenvalue weighted by Crippen LogP contribution is -1.86. The molecule has 0 aliphatic heterocycles. The highest BCUT2D eigenvalue weighted by atomic mass is 16.3. The van der Waals surface area contributed by atoms with Gasteiger partial charge in [-0.15, -0.1) is 0 Å². The van der Waals surface area contributed by atoms with Gasteiger partial charge in [-0.2, -0.15) is 15.4 Å². The zero-order valence-corrected chi connectivity index (χ0v) is 4.83. The zero-order chi connectivity index (χ0) is 6.69. The van der Waals surface area contributed by atoms with Crippen LogP contribution in [0.15, 0.2) is 18.5 Å². The van der Waals surface area contributed by atoms with Crippen molar-refractivity contribution in [3.05, 3.63) is 24.2 Å². The molecule has 2 N–H and O–H groups in total. The molecule has 0 spiro atoms. The second kappa shape index (κ2) is 2.30. The van der Waals surface area contributed by atoms with Crippen molar-refractivity contribution in [3.63, 3.8) is 0 Å². The van der Waals surface area contributed by atoms with E-state index in [9.17, 15) is 0 Å². The van der Waals surface area contributed by atoms with E-state index in [1.807, 2.05) is 0 Å². The van der Waals surface area contributed by atoms with Gasteiger partial charge in [-0.05, 0) is 0 Å². The highest BCUT2D eigenvalue weighted by Crippen LogP contribution is 1.95. The lowest BCUT2D eigenvalue weighted by molar-refractivity contribution is 0.400. The number of hydrogen-bond donors (Lipinski definition) is 2. The van der Waals surface area contributed by atoms with E-state index >= 15 is 0 Å². The Balaban J connectivity index is 2.58. The molecule has 48 valence electrons.